The lowest BCUT2D eigenvalue weighted by molar-refractivity contribution is 0.146. The van der Waals surface area contributed by atoms with Crippen LogP contribution in [0.25, 0.3) is 0 Å². The summed E-state index contributed by atoms with van der Waals surface area (Å²) in [7, 11) is 1.66. The molecular formula is C18H25N5O2S. The van der Waals surface area contributed by atoms with Crippen LogP contribution in [0.4, 0.5) is 5.13 Å². The first-order valence-corrected chi connectivity index (χ1v) is 9.54. The highest BCUT2D eigenvalue weighted by atomic mass is 32.1. The molecule has 0 spiro atoms. The van der Waals surface area contributed by atoms with Crippen LogP contribution in [-0.4, -0.2) is 62.3 Å². The molecule has 140 valence electrons. The number of benzene rings is 1. The average molecular weight is 375 g/mol. The minimum atomic E-state index is 0.550. The molecule has 0 amide bonds. The Bertz CT molecular complexity index is 682. The van der Waals surface area contributed by atoms with E-state index in [2.05, 4.69) is 19.8 Å². The van der Waals surface area contributed by atoms with Crippen LogP contribution in [0, 0.1) is 0 Å². The highest BCUT2D eigenvalue weighted by Gasteiger charge is 2.19. The van der Waals surface area contributed by atoms with Crippen LogP contribution in [0.2, 0.25) is 0 Å². The van der Waals surface area contributed by atoms with Gasteiger partial charge in [-0.3, -0.25) is 0 Å². The third-order valence-electron chi connectivity index (χ3n) is 4.20. The quantitative estimate of drug-likeness (QED) is 0.452. The largest absolute Gasteiger partial charge is 0.491 e. The summed E-state index contributed by atoms with van der Waals surface area (Å²) < 4.78 is 10.5. The molecule has 3 rings (SSSR count). The van der Waals surface area contributed by atoms with Crippen molar-refractivity contribution in [3.63, 3.8) is 0 Å². The van der Waals surface area contributed by atoms with E-state index >= 15 is 0 Å². The predicted molar refractivity (Wildman–Crippen MR) is 105 cm³/mol. The topological polar surface area (TPSA) is 76.2 Å². The fourth-order valence-electron chi connectivity index (χ4n) is 2.71. The van der Waals surface area contributed by atoms with Crippen molar-refractivity contribution in [3.8, 4) is 5.75 Å². The van der Waals surface area contributed by atoms with Crippen molar-refractivity contribution >= 4 is 22.4 Å². The number of thiazole rings is 1. The molecule has 1 aromatic heterocycles. The molecule has 1 aliphatic heterocycles. The van der Waals surface area contributed by atoms with Crippen molar-refractivity contribution in [2.45, 2.75) is 6.54 Å². The summed E-state index contributed by atoms with van der Waals surface area (Å²) in [5.41, 5.74) is 7.28. The van der Waals surface area contributed by atoms with Crippen LogP contribution in [0.5, 0.6) is 5.75 Å². The van der Waals surface area contributed by atoms with Gasteiger partial charge in [0, 0.05) is 44.9 Å². The zero-order chi connectivity index (χ0) is 18.2. The first kappa shape index (κ1) is 18.5. The third kappa shape index (κ3) is 5.09. The minimum absolute atomic E-state index is 0.550. The molecule has 1 saturated heterocycles. The van der Waals surface area contributed by atoms with Gasteiger partial charge in [-0.05, 0) is 17.7 Å². The number of hydrogen-bond acceptors (Lipinski definition) is 6. The van der Waals surface area contributed by atoms with Crippen LogP contribution in [0.3, 0.4) is 0 Å². The van der Waals surface area contributed by atoms with Gasteiger partial charge < -0.3 is 25.0 Å². The summed E-state index contributed by atoms with van der Waals surface area (Å²) >= 11 is 1.67. The standard InChI is InChI=1S/C18H25N5O2S/c1-24-11-12-25-16-4-2-15(3-5-16)14-21-17(19)22-7-9-23(10-8-22)18-20-6-13-26-18/h2-6,13H,7-12,14H2,1H3,(H2,19,21). The molecule has 2 aromatic rings. The molecule has 1 fully saturated rings. The summed E-state index contributed by atoms with van der Waals surface area (Å²) in [5, 5.41) is 3.08. The van der Waals surface area contributed by atoms with Gasteiger partial charge in [-0.1, -0.05) is 12.1 Å². The zero-order valence-electron chi connectivity index (χ0n) is 15.0. The van der Waals surface area contributed by atoms with Crippen molar-refractivity contribution in [3.05, 3.63) is 41.4 Å². The Hall–Kier alpha value is -2.32. The average Bonchev–Trinajstić information content (AvgIpc) is 3.22. The van der Waals surface area contributed by atoms with Gasteiger partial charge in [-0.15, -0.1) is 11.3 Å². The lowest BCUT2D eigenvalue weighted by Gasteiger charge is -2.35. The van der Waals surface area contributed by atoms with Crippen LogP contribution in [0.15, 0.2) is 40.8 Å². The number of methoxy groups -OCH3 is 1. The molecule has 2 N–H and O–H groups in total. The molecule has 0 radical (unpaired) electrons. The van der Waals surface area contributed by atoms with E-state index in [0.29, 0.717) is 25.7 Å². The number of nitrogens with zero attached hydrogens (tertiary/aromatic N) is 4. The van der Waals surface area contributed by atoms with Gasteiger partial charge >= 0.3 is 0 Å². The number of anilines is 1. The molecule has 0 unspecified atom stereocenters. The third-order valence-corrected chi connectivity index (χ3v) is 5.03. The summed E-state index contributed by atoms with van der Waals surface area (Å²) in [5.74, 6) is 1.44. The molecule has 0 aliphatic carbocycles. The predicted octanol–water partition coefficient (Wildman–Crippen LogP) is 1.81. The van der Waals surface area contributed by atoms with Crippen molar-refractivity contribution < 1.29 is 9.47 Å². The fraction of sp³-hybridized carbons (Fsp3) is 0.444. The second-order valence-corrected chi connectivity index (χ2v) is 6.82. The number of nitrogens with two attached hydrogens (primary N) is 1. The van der Waals surface area contributed by atoms with Crippen LogP contribution < -0.4 is 15.4 Å². The first-order chi connectivity index (χ1) is 12.8. The number of hydrogen-bond donors (Lipinski definition) is 1. The molecule has 2 heterocycles. The number of guanidine groups is 1. The van der Waals surface area contributed by atoms with Crippen molar-refractivity contribution in [2.75, 3.05) is 51.4 Å². The van der Waals surface area contributed by atoms with Gasteiger partial charge in [0.1, 0.15) is 12.4 Å². The van der Waals surface area contributed by atoms with E-state index < -0.39 is 0 Å². The minimum Gasteiger partial charge on any atom is -0.491 e. The Balaban J connectivity index is 1.46. The Morgan fingerprint density at radius 1 is 1.19 bits per heavy atom. The van der Waals surface area contributed by atoms with E-state index in [1.807, 2.05) is 35.8 Å². The van der Waals surface area contributed by atoms with Gasteiger partial charge in [0.25, 0.3) is 0 Å². The number of ether oxygens (including phenoxy) is 2. The van der Waals surface area contributed by atoms with Crippen molar-refractivity contribution in [1.29, 1.82) is 0 Å². The maximum Gasteiger partial charge on any atom is 0.191 e. The number of aromatic nitrogens is 1. The lowest BCUT2D eigenvalue weighted by Crippen LogP contribution is -2.51. The summed E-state index contributed by atoms with van der Waals surface area (Å²) in [4.78, 5) is 13.3. The van der Waals surface area contributed by atoms with E-state index in [9.17, 15) is 0 Å². The van der Waals surface area contributed by atoms with Gasteiger partial charge in [0.2, 0.25) is 0 Å². The maximum atomic E-state index is 6.18. The van der Waals surface area contributed by atoms with E-state index in [1.165, 1.54) is 0 Å². The Morgan fingerprint density at radius 2 is 1.96 bits per heavy atom. The van der Waals surface area contributed by atoms with Gasteiger partial charge in [-0.2, -0.15) is 0 Å². The Morgan fingerprint density at radius 3 is 2.62 bits per heavy atom. The van der Waals surface area contributed by atoms with Crippen molar-refractivity contribution in [1.82, 2.24) is 9.88 Å². The molecule has 0 saturated carbocycles. The molecule has 1 aromatic carbocycles. The highest BCUT2D eigenvalue weighted by Crippen LogP contribution is 2.19. The van der Waals surface area contributed by atoms with E-state index in [0.717, 1.165) is 42.6 Å². The van der Waals surface area contributed by atoms with Gasteiger partial charge in [-0.25, -0.2) is 9.98 Å². The number of rotatable bonds is 7. The SMILES string of the molecule is COCCOc1ccc(CN=C(N)N2CCN(c3nccs3)CC2)cc1. The number of piperazine rings is 1. The maximum absolute atomic E-state index is 6.18. The van der Waals surface area contributed by atoms with Gasteiger partial charge in [0.05, 0.1) is 13.2 Å². The van der Waals surface area contributed by atoms with E-state index in [-0.39, 0.29) is 0 Å². The summed E-state index contributed by atoms with van der Waals surface area (Å²) in [6.07, 6.45) is 1.84. The second kappa shape index (κ2) is 9.40. The van der Waals surface area contributed by atoms with Gasteiger partial charge in [0.15, 0.2) is 11.1 Å². The highest BCUT2D eigenvalue weighted by molar-refractivity contribution is 7.13. The van der Waals surface area contributed by atoms with Crippen LogP contribution >= 0.6 is 11.3 Å². The summed E-state index contributed by atoms with van der Waals surface area (Å²) in [6.45, 7) is 5.25. The lowest BCUT2D eigenvalue weighted by atomic mass is 10.2. The second-order valence-electron chi connectivity index (χ2n) is 5.95. The normalized spacial score (nSPS) is 15.3. The van der Waals surface area contributed by atoms with Crippen LogP contribution in [0.1, 0.15) is 5.56 Å². The molecule has 1 aliphatic rings. The summed E-state index contributed by atoms with van der Waals surface area (Å²) in [6, 6.07) is 7.92. The molecule has 26 heavy (non-hydrogen) atoms. The molecule has 0 bridgehead atoms. The number of aliphatic imine (C=N–C) groups is 1. The Labute approximate surface area is 158 Å². The fourth-order valence-corrected chi connectivity index (χ4v) is 3.40. The molecule has 0 atom stereocenters. The molecule has 8 heteroatoms. The zero-order valence-corrected chi connectivity index (χ0v) is 15.8. The van der Waals surface area contributed by atoms with E-state index in [4.69, 9.17) is 15.2 Å². The van der Waals surface area contributed by atoms with Crippen LogP contribution in [-0.2, 0) is 11.3 Å². The Kier molecular flexibility index (Phi) is 6.68. The monoisotopic (exact) mass is 375 g/mol. The molecular weight excluding hydrogens is 350 g/mol. The molecule has 7 nitrogen and oxygen atoms in total. The smallest absolute Gasteiger partial charge is 0.191 e. The first-order valence-electron chi connectivity index (χ1n) is 8.66. The van der Waals surface area contributed by atoms with Crippen molar-refractivity contribution in [2.24, 2.45) is 10.7 Å². The van der Waals surface area contributed by atoms with E-state index in [1.54, 1.807) is 18.4 Å².